The van der Waals surface area contributed by atoms with Crippen LogP contribution in [-0.2, 0) is 9.59 Å². The van der Waals surface area contributed by atoms with Crippen molar-refractivity contribution in [3.05, 3.63) is 0 Å². The third-order valence-electron chi connectivity index (χ3n) is 2.64. The molecule has 1 fully saturated rings. The van der Waals surface area contributed by atoms with Crippen LogP contribution in [0.1, 0.15) is 19.3 Å². The number of carbonyl (C=O) groups excluding carboxylic acids is 1. The van der Waals surface area contributed by atoms with Crippen molar-refractivity contribution in [1.29, 1.82) is 0 Å². The van der Waals surface area contributed by atoms with Crippen LogP contribution in [0.5, 0.6) is 0 Å². The summed E-state index contributed by atoms with van der Waals surface area (Å²) < 4.78 is 0. The molecule has 0 spiro atoms. The van der Waals surface area contributed by atoms with Crippen molar-refractivity contribution in [2.45, 2.75) is 19.3 Å². The van der Waals surface area contributed by atoms with E-state index < -0.39 is 11.4 Å². The molecule has 0 bridgehead atoms. The van der Waals surface area contributed by atoms with Crippen LogP contribution in [0.3, 0.4) is 0 Å². The van der Waals surface area contributed by atoms with Gasteiger partial charge in [0.2, 0.25) is 5.91 Å². The Bertz CT molecular complexity index is 238. The van der Waals surface area contributed by atoms with E-state index in [1.807, 2.05) is 6.26 Å². The monoisotopic (exact) mass is 217 g/mol. The molecule has 0 aromatic carbocycles. The van der Waals surface area contributed by atoms with E-state index in [1.54, 1.807) is 11.8 Å². The van der Waals surface area contributed by atoms with E-state index in [-0.39, 0.29) is 5.91 Å². The van der Waals surface area contributed by atoms with Crippen LogP contribution < -0.4 is 5.32 Å². The van der Waals surface area contributed by atoms with E-state index in [2.05, 4.69) is 5.32 Å². The van der Waals surface area contributed by atoms with Crippen LogP contribution in [0.4, 0.5) is 0 Å². The highest BCUT2D eigenvalue weighted by atomic mass is 32.2. The fraction of sp³-hybridized carbons (Fsp3) is 0.778. The molecule has 80 valence electrons. The Morgan fingerprint density at radius 3 is 2.50 bits per heavy atom. The molecule has 0 aliphatic heterocycles. The van der Waals surface area contributed by atoms with E-state index in [9.17, 15) is 9.59 Å². The van der Waals surface area contributed by atoms with Gasteiger partial charge in [-0.05, 0) is 19.1 Å². The van der Waals surface area contributed by atoms with Crippen LogP contribution in [-0.4, -0.2) is 35.5 Å². The average Bonchev–Trinajstić information content (AvgIpc) is 2.01. The van der Waals surface area contributed by atoms with Crippen LogP contribution in [0, 0.1) is 5.41 Å². The fourth-order valence-corrected chi connectivity index (χ4v) is 1.81. The Morgan fingerprint density at radius 1 is 1.50 bits per heavy atom. The first-order chi connectivity index (χ1) is 6.63. The second kappa shape index (κ2) is 4.68. The van der Waals surface area contributed by atoms with Crippen LogP contribution in [0.15, 0.2) is 0 Å². The Kier molecular flexibility index (Phi) is 3.80. The van der Waals surface area contributed by atoms with Gasteiger partial charge in [-0.25, -0.2) is 0 Å². The maximum absolute atomic E-state index is 11.6. The molecule has 5 heteroatoms. The zero-order valence-electron chi connectivity index (χ0n) is 8.21. The smallest absolute Gasteiger partial charge is 0.319 e. The van der Waals surface area contributed by atoms with Crippen LogP contribution >= 0.6 is 11.8 Å². The number of rotatable bonds is 5. The minimum absolute atomic E-state index is 0.315. The molecule has 2 N–H and O–H groups in total. The van der Waals surface area contributed by atoms with Gasteiger partial charge in [0.25, 0.3) is 0 Å². The van der Waals surface area contributed by atoms with Crippen molar-refractivity contribution < 1.29 is 14.7 Å². The maximum atomic E-state index is 11.6. The molecule has 1 aliphatic rings. The minimum atomic E-state index is -1.11. The summed E-state index contributed by atoms with van der Waals surface area (Å²) in [5.74, 6) is -0.475. The summed E-state index contributed by atoms with van der Waals surface area (Å²) >= 11 is 1.63. The van der Waals surface area contributed by atoms with Gasteiger partial charge in [0.15, 0.2) is 0 Å². The zero-order chi connectivity index (χ0) is 10.6. The first-order valence-electron chi connectivity index (χ1n) is 4.64. The number of carbonyl (C=O) groups is 2. The highest BCUT2D eigenvalue weighted by Gasteiger charge is 2.50. The van der Waals surface area contributed by atoms with Crippen LogP contribution in [0.2, 0.25) is 0 Å². The van der Waals surface area contributed by atoms with Gasteiger partial charge in [0, 0.05) is 12.3 Å². The first-order valence-corrected chi connectivity index (χ1v) is 6.03. The second-order valence-corrected chi connectivity index (χ2v) is 4.48. The normalized spacial score (nSPS) is 18.4. The highest BCUT2D eigenvalue weighted by Crippen LogP contribution is 2.41. The molecule has 1 saturated carbocycles. The van der Waals surface area contributed by atoms with Crippen molar-refractivity contribution >= 4 is 23.6 Å². The molecule has 0 aromatic heterocycles. The maximum Gasteiger partial charge on any atom is 0.319 e. The Hall–Kier alpha value is -0.710. The van der Waals surface area contributed by atoms with E-state index in [4.69, 9.17) is 5.11 Å². The number of nitrogens with one attached hydrogen (secondary N) is 1. The molecule has 14 heavy (non-hydrogen) atoms. The molecule has 1 amide bonds. The number of aliphatic carboxylic acids is 1. The molecule has 1 aliphatic carbocycles. The summed E-state index contributed by atoms with van der Waals surface area (Å²) in [7, 11) is 0. The molecule has 0 unspecified atom stereocenters. The lowest BCUT2D eigenvalue weighted by atomic mass is 9.68. The highest BCUT2D eigenvalue weighted by molar-refractivity contribution is 7.98. The molecular weight excluding hydrogens is 202 g/mol. The number of thioether (sulfide) groups is 1. The Morgan fingerprint density at radius 2 is 2.14 bits per heavy atom. The molecule has 0 saturated heterocycles. The van der Waals surface area contributed by atoms with E-state index in [1.165, 1.54) is 0 Å². The molecule has 4 nitrogen and oxygen atoms in total. The van der Waals surface area contributed by atoms with E-state index >= 15 is 0 Å². The molecule has 0 heterocycles. The fourth-order valence-electron chi connectivity index (χ4n) is 1.50. The molecule has 1 rings (SSSR count). The third kappa shape index (κ3) is 2.03. The van der Waals surface area contributed by atoms with Gasteiger partial charge in [0.1, 0.15) is 5.41 Å². The zero-order valence-corrected chi connectivity index (χ0v) is 9.02. The quantitative estimate of drug-likeness (QED) is 0.526. The predicted molar refractivity (Wildman–Crippen MR) is 55.3 cm³/mol. The van der Waals surface area contributed by atoms with Crippen molar-refractivity contribution in [2.75, 3.05) is 18.6 Å². The van der Waals surface area contributed by atoms with Crippen molar-refractivity contribution in [1.82, 2.24) is 5.32 Å². The molecular formula is C9H15NO3S. The number of hydrogen-bond acceptors (Lipinski definition) is 3. The third-order valence-corrected chi connectivity index (χ3v) is 3.26. The second-order valence-electron chi connectivity index (χ2n) is 3.49. The summed E-state index contributed by atoms with van der Waals surface area (Å²) in [5, 5.41) is 11.6. The SMILES string of the molecule is CSCCNC(=O)C1(C(=O)O)CCC1. The standard InChI is InChI=1S/C9H15NO3S/c1-14-6-5-10-7(11)9(8(12)13)3-2-4-9/h2-6H2,1H3,(H,10,11)(H,12,13). The number of carboxylic acids is 1. The summed E-state index contributed by atoms with van der Waals surface area (Å²) in [6.45, 7) is 0.551. The topological polar surface area (TPSA) is 66.4 Å². The van der Waals surface area contributed by atoms with Crippen molar-refractivity contribution in [3.63, 3.8) is 0 Å². The van der Waals surface area contributed by atoms with E-state index in [0.717, 1.165) is 12.2 Å². The number of hydrogen-bond donors (Lipinski definition) is 2. The Labute approximate surface area is 87.4 Å². The van der Waals surface area contributed by atoms with Gasteiger partial charge in [-0.15, -0.1) is 0 Å². The van der Waals surface area contributed by atoms with Crippen molar-refractivity contribution in [2.24, 2.45) is 5.41 Å². The van der Waals surface area contributed by atoms with Crippen LogP contribution in [0.25, 0.3) is 0 Å². The number of amides is 1. The van der Waals surface area contributed by atoms with Gasteiger partial charge in [0.05, 0.1) is 0 Å². The minimum Gasteiger partial charge on any atom is -0.480 e. The summed E-state index contributed by atoms with van der Waals surface area (Å²) in [6.07, 6.45) is 3.74. The van der Waals surface area contributed by atoms with E-state index in [0.29, 0.717) is 19.4 Å². The summed E-state index contributed by atoms with van der Waals surface area (Å²) in [5.41, 5.74) is -1.11. The molecule has 0 aromatic rings. The van der Waals surface area contributed by atoms with Gasteiger partial charge < -0.3 is 10.4 Å². The van der Waals surface area contributed by atoms with Gasteiger partial charge in [-0.2, -0.15) is 11.8 Å². The summed E-state index contributed by atoms with van der Waals surface area (Å²) in [4.78, 5) is 22.5. The largest absolute Gasteiger partial charge is 0.480 e. The van der Waals surface area contributed by atoms with Crippen molar-refractivity contribution in [3.8, 4) is 0 Å². The molecule has 0 atom stereocenters. The first kappa shape index (κ1) is 11.4. The predicted octanol–water partition coefficient (Wildman–Crippen LogP) is 0.720. The molecule has 0 radical (unpaired) electrons. The van der Waals surface area contributed by atoms with Gasteiger partial charge in [-0.1, -0.05) is 6.42 Å². The van der Waals surface area contributed by atoms with Gasteiger partial charge in [-0.3, -0.25) is 9.59 Å². The van der Waals surface area contributed by atoms with Gasteiger partial charge >= 0.3 is 5.97 Å². The number of carboxylic acid groups (broad SMARTS) is 1. The average molecular weight is 217 g/mol. The lowest BCUT2D eigenvalue weighted by molar-refractivity contribution is -0.162. The lowest BCUT2D eigenvalue weighted by Crippen LogP contribution is -2.51. The lowest BCUT2D eigenvalue weighted by Gasteiger charge is -2.35. The Balaban J connectivity index is 2.45. The summed E-state index contributed by atoms with van der Waals surface area (Å²) in [6, 6.07) is 0.